The molecule has 0 spiro atoms. The molecule has 0 heterocycles. The van der Waals surface area contributed by atoms with Gasteiger partial charge < -0.3 is 0 Å². The largest absolute Gasteiger partial charge is 0.289 e. The second-order valence-electron chi connectivity index (χ2n) is 1.92. The van der Waals surface area contributed by atoms with Crippen molar-refractivity contribution in [3.63, 3.8) is 0 Å². The monoisotopic (exact) mass is 143 g/mol. The molecule has 2 N–H and O–H groups in total. The first-order valence-corrected chi connectivity index (χ1v) is 2.84. The molecule has 0 unspecified atom stereocenters. The fourth-order valence-electron chi connectivity index (χ4n) is 0.408. The van der Waals surface area contributed by atoms with Gasteiger partial charge in [0.2, 0.25) is 5.91 Å². The third-order valence-corrected chi connectivity index (χ3v) is 1.03. The van der Waals surface area contributed by atoms with Crippen LogP contribution in [0.25, 0.3) is 0 Å². The minimum absolute atomic E-state index is 0.123. The molecule has 0 aromatic carbocycles. The quantitative estimate of drug-likeness (QED) is 0.333. The van der Waals surface area contributed by atoms with Crippen LogP contribution < -0.4 is 5.48 Å². The van der Waals surface area contributed by atoms with E-state index in [1.807, 2.05) is 0 Å². The van der Waals surface area contributed by atoms with Crippen LogP contribution in [0.4, 0.5) is 0 Å². The van der Waals surface area contributed by atoms with Crippen LogP contribution in [0.2, 0.25) is 0 Å². The number of allylic oxidation sites excluding steroid dienone is 1. The smallest absolute Gasteiger partial charge is 0.243 e. The van der Waals surface area contributed by atoms with E-state index >= 15 is 0 Å². The average molecular weight is 143 g/mol. The molecule has 4 heteroatoms. The highest BCUT2D eigenvalue weighted by Crippen LogP contribution is 1.97. The third kappa shape index (κ3) is 3.83. The topological polar surface area (TPSA) is 66.4 Å². The van der Waals surface area contributed by atoms with Gasteiger partial charge in [-0.05, 0) is 13.3 Å². The summed E-state index contributed by atoms with van der Waals surface area (Å²) in [7, 11) is 0. The van der Waals surface area contributed by atoms with Crippen molar-refractivity contribution in [3.05, 3.63) is 5.57 Å². The van der Waals surface area contributed by atoms with Crippen LogP contribution in [0, 0.1) is 0 Å². The molecule has 0 aliphatic heterocycles. The van der Waals surface area contributed by atoms with E-state index in [0.29, 0.717) is 12.0 Å². The standard InChI is InChI=1S/C6H9NO3/c1-5(4-8)2-3-6(9)7-10/h10H,2-3H2,1H3,(H,7,9). The normalized spacial score (nSPS) is 8.20. The van der Waals surface area contributed by atoms with Crippen molar-refractivity contribution < 1.29 is 14.8 Å². The SMILES string of the molecule is CC(=C=O)CCC(=O)NO. The molecular weight excluding hydrogens is 134 g/mol. The lowest BCUT2D eigenvalue weighted by atomic mass is 10.2. The molecule has 56 valence electrons. The Bertz CT molecular complexity index is 170. The van der Waals surface area contributed by atoms with E-state index in [1.54, 1.807) is 12.9 Å². The van der Waals surface area contributed by atoms with Gasteiger partial charge in [-0.25, -0.2) is 10.3 Å². The summed E-state index contributed by atoms with van der Waals surface area (Å²) in [6, 6.07) is 0. The number of amides is 1. The number of nitrogens with one attached hydrogen (secondary N) is 1. The van der Waals surface area contributed by atoms with Gasteiger partial charge in [-0.15, -0.1) is 0 Å². The van der Waals surface area contributed by atoms with E-state index in [1.165, 1.54) is 5.48 Å². The molecule has 0 fully saturated rings. The Balaban J connectivity index is 3.55. The number of hydrogen-bond donors (Lipinski definition) is 2. The summed E-state index contributed by atoms with van der Waals surface area (Å²) < 4.78 is 0. The van der Waals surface area contributed by atoms with Crippen LogP contribution in [0.5, 0.6) is 0 Å². The van der Waals surface area contributed by atoms with E-state index in [2.05, 4.69) is 0 Å². The third-order valence-electron chi connectivity index (χ3n) is 1.03. The summed E-state index contributed by atoms with van der Waals surface area (Å²) in [4.78, 5) is 20.2. The lowest BCUT2D eigenvalue weighted by Gasteiger charge is -1.94. The number of carbonyl (C=O) groups is 1. The van der Waals surface area contributed by atoms with Crippen molar-refractivity contribution in [2.75, 3.05) is 0 Å². The molecule has 0 aliphatic carbocycles. The van der Waals surface area contributed by atoms with E-state index < -0.39 is 5.91 Å². The summed E-state index contributed by atoms with van der Waals surface area (Å²) in [5.74, 6) is 1.16. The number of rotatable bonds is 3. The van der Waals surface area contributed by atoms with Crippen molar-refractivity contribution in [2.24, 2.45) is 0 Å². The molecular formula is C6H9NO3. The van der Waals surface area contributed by atoms with Crippen molar-refractivity contribution >= 4 is 11.8 Å². The molecule has 0 saturated heterocycles. The van der Waals surface area contributed by atoms with Gasteiger partial charge in [0.1, 0.15) is 5.94 Å². The first-order valence-electron chi connectivity index (χ1n) is 2.84. The second-order valence-corrected chi connectivity index (χ2v) is 1.92. The number of carbonyl (C=O) groups excluding carboxylic acids is 2. The highest BCUT2D eigenvalue weighted by atomic mass is 16.5. The van der Waals surface area contributed by atoms with Crippen LogP contribution in [0.3, 0.4) is 0 Å². The van der Waals surface area contributed by atoms with Crippen LogP contribution in [-0.2, 0) is 9.59 Å². The van der Waals surface area contributed by atoms with Gasteiger partial charge in [0.15, 0.2) is 0 Å². The van der Waals surface area contributed by atoms with Crippen molar-refractivity contribution in [2.45, 2.75) is 19.8 Å². The molecule has 0 radical (unpaired) electrons. The maximum absolute atomic E-state index is 10.3. The Hall–Kier alpha value is -1.12. The van der Waals surface area contributed by atoms with E-state index in [4.69, 9.17) is 5.21 Å². The first kappa shape index (κ1) is 8.88. The Kier molecular flexibility index (Phi) is 4.20. The van der Waals surface area contributed by atoms with Gasteiger partial charge in [-0.3, -0.25) is 10.0 Å². The van der Waals surface area contributed by atoms with Gasteiger partial charge in [0.25, 0.3) is 0 Å². The predicted molar refractivity (Wildman–Crippen MR) is 34.0 cm³/mol. The summed E-state index contributed by atoms with van der Waals surface area (Å²) in [5, 5.41) is 8.01. The average Bonchev–Trinajstić information content (AvgIpc) is 1.99. The van der Waals surface area contributed by atoms with Crippen LogP contribution in [0.1, 0.15) is 19.8 Å². The summed E-state index contributed by atoms with van der Waals surface area (Å²) in [6.07, 6.45) is 0.466. The summed E-state index contributed by atoms with van der Waals surface area (Å²) >= 11 is 0. The first-order chi connectivity index (χ1) is 4.70. The molecule has 0 aromatic rings. The highest BCUT2D eigenvalue weighted by Gasteiger charge is 1.98. The second kappa shape index (κ2) is 4.73. The van der Waals surface area contributed by atoms with E-state index in [9.17, 15) is 9.59 Å². The van der Waals surface area contributed by atoms with Crippen LogP contribution >= 0.6 is 0 Å². The molecule has 10 heavy (non-hydrogen) atoms. The summed E-state index contributed by atoms with van der Waals surface area (Å²) in [6.45, 7) is 1.58. The zero-order valence-corrected chi connectivity index (χ0v) is 5.68. The van der Waals surface area contributed by atoms with E-state index in [0.717, 1.165) is 0 Å². The molecule has 4 nitrogen and oxygen atoms in total. The maximum Gasteiger partial charge on any atom is 0.243 e. The maximum atomic E-state index is 10.3. The Morgan fingerprint density at radius 2 is 2.20 bits per heavy atom. The molecule has 0 bridgehead atoms. The Morgan fingerprint density at radius 3 is 2.60 bits per heavy atom. The molecule has 0 aromatic heterocycles. The predicted octanol–water partition coefficient (Wildman–Crippen LogP) is 0.0499. The molecule has 0 rings (SSSR count). The number of hydroxylamine groups is 1. The minimum Gasteiger partial charge on any atom is -0.289 e. The zero-order valence-electron chi connectivity index (χ0n) is 5.68. The van der Waals surface area contributed by atoms with Crippen molar-refractivity contribution in [1.29, 1.82) is 0 Å². The summed E-state index contributed by atoms with van der Waals surface area (Å²) in [5.41, 5.74) is 1.94. The fourth-order valence-corrected chi connectivity index (χ4v) is 0.408. The van der Waals surface area contributed by atoms with Gasteiger partial charge in [0.05, 0.1) is 0 Å². The van der Waals surface area contributed by atoms with Gasteiger partial charge in [0, 0.05) is 12.0 Å². The number of hydrogen-bond acceptors (Lipinski definition) is 3. The van der Waals surface area contributed by atoms with Crippen molar-refractivity contribution in [3.8, 4) is 0 Å². The highest BCUT2D eigenvalue weighted by molar-refractivity contribution is 5.75. The Morgan fingerprint density at radius 1 is 1.60 bits per heavy atom. The van der Waals surface area contributed by atoms with Crippen LogP contribution in [-0.4, -0.2) is 17.1 Å². The van der Waals surface area contributed by atoms with Gasteiger partial charge >= 0.3 is 0 Å². The zero-order chi connectivity index (χ0) is 7.98. The van der Waals surface area contributed by atoms with Gasteiger partial charge in [-0.2, -0.15) is 0 Å². The van der Waals surface area contributed by atoms with Crippen molar-refractivity contribution in [1.82, 2.24) is 5.48 Å². The molecule has 0 atom stereocenters. The molecule has 1 amide bonds. The van der Waals surface area contributed by atoms with Gasteiger partial charge in [-0.1, -0.05) is 0 Å². The Labute approximate surface area is 58.5 Å². The van der Waals surface area contributed by atoms with E-state index in [-0.39, 0.29) is 6.42 Å². The minimum atomic E-state index is -0.491. The fraction of sp³-hybridized carbons (Fsp3) is 0.500. The lowest BCUT2D eigenvalue weighted by molar-refractivity contribution is -0.129. The molecule has 0 aliphatic rings. The lowest BCUT2D eigenvalue weighted by Crippen LogP contribution is -2.17. The van der Waals surface area contributed by atoms with Crippen LogP contribution in [0.15, 0.2) is 5.57 Å². The molecule has 0 saturated carbocycles.